The first-order valence-corrected chi connectivity index (χ1v) is 7.62. The molecule has 2 rings (SSSR count). The predicted molar refractivity (Wildman–Crippen MR) is 95.0 cm³/mol. The van der Waals surface area contributed by atoms with Crippen LogP contribution in [-0.2, 0) is 4.79 Å². The zero-order chi connectivity index (χ0) is 17.5. The molecule has 0 radical (unpaired) electrons. The fourth-order valence-electron chi connectivity index (χ4n) is 2.20. The van der Waals surface area contributed by atoms with Crippen molar-refractivity contribution in [1.29, 1.82) is 0 Å². The second kappa shape index (κ2) is 7.97. The van der Waals surface area contributed by atoms with Gasteiger partial charge in [0.05, 0.1) is 6.61 Å². The lowest BCUT2D eigenvalue weighted by molar-refractivity contribution is -0.111. The number of primary amides is 1. The van der Waals surface area contributed by atoms with Gasteiger partial charge in [-0.25, -0.2) is 0 Å². The van der Waals surface area contributed by atoms with Gasteiger partial charge in [-0.2, -0.15) is 0 Å². The van der Waals surface area contributed by atoms with Crippen molar-refractivity contribution in [3.63, 3.8) is 0 Å². The summed E-state index contributed by atoms with van der Waals surface area (Å²) in [4.78, 5) is 23.2. The maximum Gasteiger partial charge on any atom is 0.248 e. The van der Waals surface area contributed by atoms with Crippen LogP contribution in [0, 0.1) is 6.92 Å². The van der Waals surface area contributed by atoms with Gasteiger partial charge < -0.3 is 15.8 Å². The minimum absolute atomic E-state index is 0.267. The Kier molecular flexibility index (Phi) is 5.73. The van der Waals surface area contributed by atoms with Gasteiger partial charge in [0.2, 0.25) is 11.8 Å². The van der Waals surface area contributed by atoms with Gasteiger partial charge in [0.15, 0.2) is 0 Å². The zero-order valence-corrected chi connectivity index (χ0v) is 13.7. The molecule has 2 aromatic rings. The maximum atomic E-state index is 12.1. The molecule has 24 heavy (non-hydrogen) atoms. The minimum Gasteiger partial charge on any atom is -0.493 e. The molecule has 2 amide bonds. The van der Waals surface area contributed by atoms with Gasteiger partial charge in [-0.05, 0) is 49.8 Å². The predicted octanol–water partition coefficient (Wildman–Crippen LogP) is 3.14. The number of aryl methyl sites for hydroxylation is 1. The van der Waals surface area contributed by atoms with Crippen LogP contribution < -0.4 is 15.8 Å². The van der Waals surface area contributed by atoms with E-state index in [-0.39, 0.29) is 5.91 Å². The normalized spacial score (nSPS) is 10.6. The van der Waals surface area contributed by atoms with E-state index >= 15 is 0 Å². The summed E-state index contributed by atoms with van der Waals surface area (Å²) >= 11 is 0. The molecule has 0 saturated heterocycles. The van der Waals surface area contributed by atoms with Crippen LogP contribution in [0.15, 0.2) is 48.5 Å². The van der Waals surface area contributed by atoms with Crippen LogP contribution >= 0.6 is 0 Å². The van der Waals surface area contributed by atoms with Gasteiger partial charge in [0.25, 0.3) is 0 Å². The van der Waals surface area contributed by atoms with Crippen molar-refractivity contribution in [3.05, 3.63) is 65.2 Å². The molecule has 0 aromatic heterocycles. The highest BCUT2D eigenvalue weighted by Gasteiger charge is 2.06. The van der Waals surface area contributed by atoms with Crippen LogP contribution in [-0.4, -0.2) is 18.4 Å². The van der Waals surface area contributed by atoms with Crippen LogP contribution in [0.3, 0.4) is 0 Å². The van der Waals surface area contributed by atoms with E-state index in [1.54, 1.807) is 31.2 Å². The number of ether oxygens (including phenoxy) is 1. The van der Waals surface area contributed by atoms with Crippen LogP contribution in [0.2, 0.25) is 0 Å². The molecule has 0 fully saturated rings. The number of anilines is 1. The third kappa shape index (κ3) is 4.46. The van der Waals surface area contributed by atoms with E-state index in [0.29, 0.717) is 17.9 Å². The van der Waals surface area contributed by atoms with Gasteiger partial charge in [0, 0.05) is 22.9 Å². The number of hydrogen-bond donors (Lipinski definition) is 2. The molecule has 5 nitrogen and oxygen atoms in total. The van der Waals surface area contributed by atoms with E-state index in [9.17, 15) is 9.59 Å². The molecular formula is C19H20N2O3. The summed E-state index contributed by atoms with van der Waals surface area (Å²) in [7, 11) is 0. The molecule has 0 aliphatic carbocycles. The zero-order valence-electron chi connectivity index (χ0n) is 13.7. The van der Waals surface area contributed by atoms with Gasteiger partial charge in [0.1, 0.15) is 5.75 Å². The first-order valence-electron chi connectivity index (χ1n) is 7.62. The van der Waals surface area contributed by atoms with Crippen LogP contribution in [0.5, 0.6) is 5.75 Å². The van der Waals surface area contributed by atoms with Crippen molar-refractivity contribution in [2.45, 2.75) is 13.8 Å². The van der Waals surface area contributed by atoms with Crippen LogP contribution in [0.25, 0.3) is 6.08 Å². The molecule has 0 atom stereocenters. The van der Waals surface area contributed by atoms with Gasteiger partial charge in [-0.15, -0.1) is 0 Å². The summed E-state index contributed by atoms with van der Waals surface area (Å²) in [6.45, 7) is 4.27. The number of nitrogens with one attached hydrogen (secondary N) is 1. The number of amides is 2. The van der Waals surface area contributed by atoms with Gasteiger partial charge in [-0.3, -0.25) is 9.59 Å². The fourth-order valence-corrected chi connectivity index (χ4v) is 2.20. The van der Waals surface area contributed by atoms with Crippen molar-refractivity contribution in [3.8, 4) is 5.75 Å². The van der Waals surface area contributed by atoms with E-state index in [1.165, 1.54) is 6.08 Å². The Bertz CT molecular complexity index is 782. The Hall–Kier alpha value is -3.08. The Morgan fingerprint density at radius 1 is 1.21 bits per heavy atom. The summed E-state index contributed by atoms with van der Waals surface area (Å²) in [6.07, 6.45) is 3.15. The van der Waals surface area contributed by atoms with E-state index in [4.69, 9.17) is 10.5 Å². The molecule has 0 bridgehead atoms. The highest BCUT2D eigenvalue weighted by molar-refractivity contribution is 6.03. The monoisotopic (exact) mass is 324 g/mol. The molecule has 0 aliphatic rings. The molecular weight excluding hydrogens is 304 g/mol. The first kappa shape index (κ1) is 17.3. The lowest BCUT2D eigenvalue weighted by Crippen LogP contribution is -2.13. The molecule has 5 heteroatoms. The lowest BCUT2D eigenvalue weighted by atomic mass is 10.1. The van der Waals surface area contributed by atoms with Crippen LogP contribution in [0.4, 0.5) is 5.69 Å². The lowest BCUT2D eigenvalue weighted by Gasteiger charge is -2.08. The largest absolute Gasteiger partial charge is 0.493 e. The number of nitrogens with two attached hydrogens (primary N) is 1. The maximum absolute atomic E-state index is 12.1. The molecule has 2 aromatic carbocycles. The average molecular weight is 324 g/mol. The SMILES string of the molecule is CCOc1ccccc1C=CC(=O)Nc1ccc(C(N)=O)cc1C. The average Bonchev–Trinajstić information content (AvgIpc) is 2.56. The minimum atomic E-state index is -0.497. The smallest absolute Gasteiger partial charge is 0.248 e. The molecule has 0 spiro atoms. The first-order chi connectivity index (χ1) is 11.5. The summed E-state index contributed by atoms with van der Waals surface area (Å²) in [5.41, 5.74) is 7.87. The number of carbonyl (C=O) groups excluding carboxylic acids is 2. The number of hydrogen-bond acceptors (Lipinski definition) is 3. The summed E-state index contributed by atoms with van der Waals surface area (Å²) in [6, 6.07) is 12.4. The Balaban J connectivity index is 2.10. The molecule has 124 valence electrons. The summed E-state index contributed by atoms with van der Waals surface area (Å²) in [5, 5.41) is 2.78. The van der Waals surface area contributed by atoms with Crippen molar-refractivity contribution in [1.82, 2.24) is 0 Å². The molecule has 3 N–H and O–H groups in total. The highest BCUT2D eigenvalue weighted by atomic mass is 16.5. The van der Waals surface area contributed by atoms with Crippen molar-refractivity contribution >= 4 is 23.6 Å². The fraction of sp³-hybridized carbons (Fsp3) is 0.158. The van der Waals surface area contributed by atoms with Gasteiger partial charge in [-0.1, -0.05) is 18.2 Å². The van der Waals surface area contributed by atoms with Crippen molar-refractivity contribution in [2.24, 2.45) is 5.73 Å². The van der Waals surface area contributed by atoms with Crippen molar-refractivity contribution in [2.75, 3.05) is 11.9 Å². The quantitative estimate of drug-likeness (QED) is 0.801. The summed E-state index contributed by atoms with van der Waals surface area (Å²) < 4.78 is 5.52. The Morgan fingerprint density at radius 2 is 1.96 bits per heavy atom. The van der Waals surface area contributed by atoms with Crippen molar-refractivity contribution < 1.29 is 14.3 Å². The molecule has 0 unspecified atom stereocenters. The Labute approximate surface area is 141 Å². The molecule has 0 aliphatic heterocycles. The third-order valence-electron chi connectivity index (χ3n) is 3.40. The second-order valence-electron chi connectivity index (χ2n) is 5.19. The van der Waals surface area contributed by atoms with E-state index in [2.05, 4.69) is 5.32 Å². The highest BCUT2D eigenvalue weighted by Crippen LogP contribution is 2.20. The standard InChI is InChI=1S/C19H20N2O3/c1-3-24-17-7-5-4-6-14(17)9-11-18(22)21-16-10-8-15(19(20)23)12-13(16)2/h4-12H,3H2,1-2H3,(H2,20,23)(H,21,22). The number of para-hydroxylation sites is 1. The number of carbonyl (C=O) groups is 2. The topological polar surface area (TPSA) is 81.4 Å². The number of rotatable bonds is 6. The number of benzene rings is 2. The molecule has 0 heterocycles. The summed E-state index contributed by atoms with van der Waals surface area (Å²) in [5.74, 6) is -0.0364. The van der Waals surface area contributed by atoms with E-state index in [1.807, 2.05) is 31.2 Å². The van der Waals surface area contributed by atoms with E-state index in [0.717, 1.165) is 16.9 Å². The van der Waals surface area contributed by atoms with Crippen LogP contribution in [0.1, 0.15) is 28.4 Å². The Morgan fingerprint density at radius 3 is 2.62 bits per heavy atom. The second-order valence-corrected chi connectivity index (χ2v) is 5.19. The third-order valence-corrected chi connectivity index (χ3v) is 3.40. The van der Waals surface area contributed by atoms with E-state index < -0.39 is 5.91 Å². The molecule has 0 saturated carbocycles. The van der Waals surface area contributed by atoms with Gasteiger partial charge >= 0.3 is 0 Å².